The molecular formula is C39H76N2O4. The molecule has 0 fully saturated rings. The minimum Gasteiger partial charge on any atom is -0.395 e. The van der Waals surface area contributed by atoms with Gasteiger partial charge in [0, 0.05) is 32.4 Å². The standard InChI is InChI=1S/C39H76N2O4/c1-3-5-7-9-11-13-15-17-19-21-23-25-27-29-37(43)32-31-36(39(45)40-33-34-42)35-41-38(44)30-28-26-24-22-20-18-16-14-12-10-8-6-4-2/h36,42H,3-35H2,1-2H3,(H,40,45)(H,41,44)/t36-/m0/s1. The van der Waals surface area contributed by atoms with Crippen molar-refractivity contribution in [3.63, 3.8) is 0 Å². The lowest BCUT2D eigenvalue weighted by Gasteiger charge is -2.17. The van der Waals surface area contributed by atoms with Crippen LogP contribution in [0.4, 0.5) is 0 Å². The van der Waals surface area contributed by atoms with Gasteiger partial charge in [0.15, 0.2) is 0 Å². The molecule has 0 saturated carbocycles. The zero-order chi connectivity index (χ0) is 33.1. The van der Waals surface area contributed by atoms with Crippen LogP contribution < -0.4 is 10.6 Å². The summed E-state index contributed by atoms with van der Waals surface area (Å²) in [6, 6.07) is 0. The highest BCUT2D eigenvalue weighted by Gasteiger charge is 2.20. The van der Waals surface area contributed by atoms with Crippen molar-refractivity contribution in [2.24, 2.45) is 5.92 Å². The molecule has 0 saturated heterocycles. The number of carbonyl (C=O) groups excluding carboxylic acids is 3. The number of nitrogens with one attached hydrogen (secondary N) is 2. The number of aliphatic hydroxyl groups is 1. The van der Waals surface area contributed by atoms with E-state index >= 15 is 0 Å². The van der Waals surface area contributed by atoms with Crippen LogP contribution in [0.3, 0.4) is 0 Å². The Labute approximate surface area is 279 Å². The third-order valence-electron chi connectivity index (χ3n) is 9.17. The Kier molecular flexibility index (Phi) is 34.3. The molecule has 0 aliphatic carbocycles. The first-order valence-electron chi connectivity index (χ1n) is 19.7. The lowest BCUT2D eigenvalue weighted by Crippen LogP contribution is -2.40. The normalized spacial score (nSPS) is 11.9. The van der Waals surface area contributed by atoms with Gasteiger partial charge < -0.3 is 15.7 Å². The van der Waals surface area contributed by atoms with Crippen molar-refractivity contribution in [3.8, 4) is 0 Å². The Hall–Kier alpha value is -1.43. The average Bonchev–Trinajstić information content (AvgIpc) is 3.04. The fourth-order valence-corrected chi connectivity index (χ4v) is 6.08. The number of ketones is 1. The second-order valence-corrected chi connectivity index (χ2v) is 13.6. The van der Waals surface area contributed by atoms with E-state index in [2.05, 4.69) is 24.5 Å². The summed E-state index contributed by atoms with van der Waals surface area (Å²) in [6.45, 7) is 4.84. The zero-order valence-electron chi connectivity index (χ0n) is 30.1. The Morgan fingerprint density at radius 2 is 0.867 bits per heavy atom. The van der Waals surface area contributed by atoms with Gasteiger partial charge in [-0.25, -0.2) is 0 Å². The molecule has 266 valence electrons. The first-order chi connectivity index (χ1) is 22.0. The van der Waals surface area contributed by atoms with Crippen molar-refractivity contribution < 1.29 is 19.5 Å². The topological polar surface area (TPSA) is 95.5 Å². The molecule has 0 bridgehead atoms. The minimum atomic E-state index is -0.442. The van der Waals surface area contributed by atoms with Crippen LogP contribution in [0, 0.1) is 5.92 Å². The SMILES string of the molecule is CCCCCCCCCCCCCCCC(=O)CC[C@@H](CNC(=O)CCCCCCCCCCCCCCC)C(=O)NCCO. The number of hydrogen-bond acceptors (Lipinski definition) is 4. The molecule has 0 aliphatic rings. The second-order valence-electron chi connectivity index (χ2n) is 13.6. The molecule has 1 atom stereocenters. The summed E-state index contributed by atoms with van der Waals surface area (Å²) in [6.07, 6.45) is 35.1. The molecule has 0 aromatic carbocycles. The number of carbonyl (C=O) groups is 3. The Bertz CT molecular complexity index is 623. The van der Waals surface area contributed by atoms with Gasteiger partial charge in [0.1, 0.15) is 5.78 Å². The number of Topliss-reactive ketones (excluding diaryl/α,β-unsaturated/α-hetero) is 1. The fourth-order valence-electron chi connectivity index (χ4n) is 6.08. The monoisotopic (exact) mass is 637 g/mol. The van der Waals surface area contributed by atoms with Gasteiger partial charge in [-0.15, -0.1) is 0 Å². The van der Waals surface area contributed by atoms with Crippen molar-refractivity contribution >= 4 is 17.6 Å². The molecule has 0 unspecified atom stereocenters. The molecule has 3 N–H and O–H groups in total. The molecule has 0 aromatic heterocycles. The Balaban J connectivity index is 3.93. The molecule has 0 radical (unpaired) electrons. The quantitative estimate of drug-likeness (QED) is 0.0596. The predicted molar refractivity (Wildman–Crippen MR) is 191 cm³/mol. The summed E-state index contributed by atoms with van der Waals surface area (Å²) in [5.41, 5.74) is 0. The molecule has 45 heavy (non-hydrogen) atoms. The molecule has 0 aliphatic heterocycles. The lowest BCUT2D eigenvalue weighted by atomic mass is 9.97. The van der Waals surface area contributed by atoms with Gasteiger partial charge in [0.25, 0.3) is 0 Å². The summed E-state index contributed by atoms with van der Waals surface area (Å²) in [7, 11) is 0. The van der Waals surface area contributed by atoms with E-state index in [1.54, 1.807) is 0 Å². The number of aliphatic hydroxyl groups excluding tert-OH is 1. The Morgan fingerprint density at radius 3 is 1.27 bits per heavy atom. The van der Waals surface area contributed by atoms with Crippen LogP contribution in [0.2, 0.25) is 0 Å². The molecule has 6 heteroatoms. The van der Waals surface area contributed by atoms with Gasteiger partial charge in [-0.3, -0.25) is 14.4 Å². The molecule has 6 nitrogen and oxygen atoms in total. The summed E-state index contributed by atoms with van der Waals surface area (Å²) < 4.78 is 0. The largest absolute Gasteiger partial charge is 0.395 e. The lowest BCUT2D eigenvalue weighted by molar-refractivity contribution is -0.126. The van der Waals surface area contributed by atoms with E-state index < -0.39 is 5.92 Å². The van der Waals surface area contributed by atoms with Crippen LogP contribution in [0.1, 0.15) is 206 Å². The predicted octanol–water partition coefficient (Wildman–Crippen LogP) is 10.1. The smallest absolute Gasteiger partial charge is 0.224 e. The van der Waals surface area contributed by atoms with E-state index in [4.69, 9.17) is 5.11 Å². The highest BCUT2D eigenvalue weighted by atomic mass is 16.3. The summed E-state index contributed by atoms with van der Waals surface area (Å²) in [4.78, 5) is 37.6. The van der Waals surface area contributed by atoms with E-state index in [0.717, 1.165) is 25.7 Å². The first-order valence-corrected chi connectivity index (χ1v) is 19.7. The second kappa shape index (κ2) is 35.4. The van der Waals surface area contributed by atoms with E-state index in [-0.39, 0.29) is 37.3 Å². The van der Waals surface area contributed by atoms with E-state index in [9.17, 15) is 14.4 Å². The van der Waals surface area contributed by atoms with Crippen LogP contribution >= 0.6 is 0 Å². The van der Waals surface area contributed by atoms with Crippen molar-refractivity contribution in [1.82, 2.24) is 10.6 Å². The summed E-state index contributed by atoms with van der Waals surface area (Å²) in [5.74, 6) is -0.450. The van der Waals surface area contributed by atoms with Gasteiger partial charge in [0.2, 0.25) is 11.8 Å². The molecule has 0 heterocycles. The van der Waals surface area contributed by atoms with Gasteiger partial charge in [-0.2, -0.15) is 0 Å². The maximum absolute atomic E-state index is 12.6. The van der Waals surface area contributed by atoms with Crippen LogP contribution in [-0.2, 0) is 14.4 Å². The maximum Gasteiger partial charge on any atom is 0.224 e. The van der Waals surface area contributed by atoms with Gasteiger partial charge in [0.05, 0.1) is 12.5 Å². The summed E-state index contributed by atoms with van der Waals surface area (Å²) in [5, 5.41) is 14.7. The molecular weight excluding hydrogens is 560 g/mol. The van der Waals surface area contributed by atoms with Crippen LogP contribution in [0.15, 0.2) is 0 Å². The zero-order valence-corrected chi connectivity index (χ0v) is 30.1. The number of rotatable bonds is 36. The van der Waals surface area contributed by atoms with Crippen molar-refractivity contribution in [1.29, 1.82) is 0 Å². The van der Waals surface area contributed by atoms with E-state index in [1.165, 1.54) is 141 Å². The van der Waals surface area contributed by atoms with Crippen molar-refractivity contribution in [2.75, 3.05) is 19.7 Å². The fraction of sp³-hybridized carbons (Fsp3) is 0.923. The van der Waals surface area contributed by atoms with Crippen LogP contribution in [0.5, 0.6) is 0 Å². The number of unbranched alkanes of at least 4 members (excludes halogenated alkanes) is 24. The van der Waals surface area contributed by atoms with Crippen molar-refractivity contribution in [2.45, 2.75) is 206 Å². The third-order valence-corrected chi connectivity index (χ3v) is 9.17. The molecule has 0 rings (SSSR count). The van der Waals surface area contributed by atoms with Crippen LogP contribution in [0.25, 0.3) is 0 Å². The maximum atomic E-state index is 12.6. The third kappa shape index (κ3) is 32.3. The van der Waals surface area contributed by atoms with Crippen molar-refractivity contribution in [3.05, 3.63) is 0 Å². The average molecular weight is 637 g/mol. The van der Waals surface area contributed by atoms with E-state index in [0.29, 0.717) is 25.7 Å². The number of amides is 2. The van der Waals surface area contributed by atoms with Gasteiger partial charge in [-0.1, -0.05) is 168 Å². The molecule has 2 amide bonds. The summed E-state index contributed by atoms with van der Waals surface area (Å²) >= 11 is 0. The first kappa shape index (κ1) is 43.6. The number of hydrogen-bond donors (Lipinski definition) is 3. The highest BCUT2D eigenvalue weighted by molar-refractivity contribution is 5.82. The molecule has 0 spiro atoms. The molecule has 0 aromatic rings. The van der Waals surface area contributed by atoms with Gasteiger partial charge >= 0.3 is 0 Å². The highest BCUT2D eigenvalue weighted by Crippen LogP contribution is 2.16. The van der Waals surface area contributed by atoms with E-state index in [1.807, 2.05) is 0 Å². The van der Waals surface area contributed by atoms with Crippen LogP contribution in [-0.4, -0.2) is 42.4 Å². The van der Waals surface area contributed by atoms with Gasteiger partial charge in [-0.05, 0) is 19.3 Å². The minimum absolute atomic E-state index is 0.0173. The Morgan fingerprint density at radius 1 is 0.489 bits per heavy atom.